The van der Waals surface area contributed by atoms with Gasteiger partial charge in [-0.15, -0.1) is 11.3 Å². The highest BCUT2D eigenvalue weighted by atomic mass is 32.2. The van der Waals surface area contributed by atoms with Gasteiger partial charge in [0.15, 0.2) is 34.5 Å². The average molecular weight is 823 g/mol. The number of pyridine rings is 1. The Hall–Kier alpha value is -1.39. The molecule has 4 rings (SSSR count). The number of hydrogen-bond donors (Lipinski definition) is 0. The number of aromatic nitrogens is 1. The van der Waals surface area contributed by atoms with Gasteiger partial charge in [0.05, 0.1) is 28.3 Å². The third-order valence-electron chi connectivity index (χ3n) is 6.21. The predicted octanol–water partition coefficient (Wildman–Crippen LogP) is 8.77. The summed E-state index contributed by atoms with van der Waals surface area (Å²) < 4.78 is 93.3. The van der Waals surface area contributed by atoms with Gasteiger partial charge >= 0.3 is 0 Å². The Bertz CT molecular complexity index is 1580. The van der Waals surface area contributed by atoms with E-state index in [-0.39, 0.29) is 82.6 Å². The molecule has 1 saturated heterocycles. The first-order valence-corrected chi connectivity index (χ1v) is 23.2. The summed E-state index contributed by atoms with van der Waals surface area (Å²) in [6.45, 7) is 16.8. The molecule has 0 amide bonds. The van der Waals surface area contributed by atoms with E-state index in [1.54, 1.807) is 34.0 Å². The Kier molecular flexibility index (Phi) is 30.5. The van der Waals surface area contributed by atoms with Gasteiger partial charge in [-0.25, -0.2) is 43.0 Å². The van der Waals surface area contributed by atoms with Gasteiger partial charge in [-0.3, -0.25) is 0 Å². The molecule has 2 aliphatic rings. The van der Waals surface area contributed by atoms with Crippen LogP contribution in [0.3, 0.4) is 0 Å². The number of nitrogens with zero attached hydrogens (tertiary/aromatic N) is 2. The first-order chi connectivity index (χ1) is 21.1. The van der Waals surface area contributed by atoms with Gasteiger partial charge in [-0.05, 0) is 66.5 Å². The highest BCUT2D eigenvalue weighted by Crippen LogP contribution is 2.29. The van der Waals surface area contributed by atoms with Crippen molar-refractivity contribution in [1.82, 2.24) is 9.29 Å². The quantitative estimate of drug-likeness (QED) is 0.205. The Balaban J connectivity index is -0.000000179. The zero-order valence-corrected chi connectivity index (χ0v) is 32.6. The number of sulfone groups is 3. The molecule has 2 fully saturated rings. The summed E-state index contributed by atoms with van der Waals surface area (Å²) in [6.07, 6.45) is 4.31. The lowest BCUT2D eigenvalue weighted by molar-refractivity contribution is 0.307. The summed E-state index contributed by atoms with van der Waals surface area (Å²) in [5.74, 6) is 1.91. The highest BCUT2D eigenvalue weighted by Gasteiger charge is 2.35. The molecule has 2 aromatic heterocycles. The van der Waals surface area contributed by atoms with Crippen molar-refractivity contribution in [3.63, 3.8) is 0 Å². The van der Waals surface area contributed by atoms with E-state index in [1.807, 2.05) is 55.4 Å². The van der Waals surface area contributed by atoms with E-state index in [4.69, 9.17) is 0 Å². The standard InChI is InChI=1S/C9H13NO2S.C8H12O2S2.C7H15NO2S.C7H14O2S.5CH4/c1-8(2)7-13(11,12)9-5-3-4-6-10-9;1-7(2)6-12(9,10)8-4-3-5-11-8;1-7(2)6-11(9,10)8-4-3-5-8;1-6(2)5-10(8,9)7-3-4-7;;;;;/h3-6,8H,7H2,1-2H3;3-5,7H,6H2,1-2H3;7H,3-6H2,1-2H3;6-7H,3-5H2,1-2H3;5*1H4. The smallest absolute Gasteiger partial charge is 0.214 e. The summed E-state index contributed by atoms with van der Waals surface area (Å²) >= 11 is 1.28. The van der Waals surface area contributed by atoms with Crippen LogP contribution in [-0.4, -0.2) is 84.3 Å². The summed E-state index contributed by atoms with van der Waals surface area (Å²) in [6, 6.07) is 8.33. The molecule has 0 aromatic carbocycles. The van der Waals surface area contributed by atoms with Crippen LogP contribution in [0.4, 0.5) is 0 Å². The van der Waals surface area contributed by atoms with Crippen molar-refractivity contribution in [1.29, 1.82) is 0 Å². The van der Waals surface area contributed by atoms with Crippen LogP contribution in [0, 0.1) is 23.7 Å². The minimum Gasteiger partial charge on any atom is -0.245 e. The Morgan fingerprint density at radius 1 is 0.647 bits per heavy atom. The van der Waals surface area contributed by atoms with Gasteiger partial charge in [0.2, 0.25) is 10.0 Å². The van der Waals surface area contributed by atoms with Crippen molar-refractivity contribution in [3.8, 4) is 0 Å². The Morgan fingerprint density at radius 3 is 1.45 bits per heavy atom. The largest absolute Gasteiger partial charge is 0.245 e. The molecule has 51 heavy (non-hydrogen) atoms. The van der Waals surface area contributed by atoms with Crippen molar-refractivity contribution in [3.05, 3.63) is 41.9 Å². The van der Waals surface area contributed by atoms with E-state index >= 15 is 0 Å². The van der Waals surface area contributed by atoms with Crippen LogP contribution in [0.25, 0.3) is 0 Å². The minimum absolute atomic E-state index is 0. The van der Waals surface area contributed by atoms with Gasteiger partial charge in [-0.2, -0.15) is 0 Å². The number of sulfonamides is 1. The fraction of sp³-hybridized carbons (Fsp3) is 0.750. The molecule has 2 aromatic rings. The lowest BCUT2D eigenvalue weighted by Gasteiger charge is -2.30. The van der Waals surface area contributed by atoms with E-state index < -0.39 is 39.5 Å². The molecule has 0 bridgehead atoms. The highest BCUT2D eigenvalue weighted by molar-refractivity contribution is 7.93. The molecule has 0 spiro atoms. The molecule has 0 radical (unpaired) electrons. The van der Waals surface area contributed by atoms with Crippen molar-refractivity contribution in [2.75, 3.05) is 36.1 Å². The molecule has 1 aliphatic carbocycles. The van der Waals surface area contributed by atoms with Gasteiger partial charge < -0.3 is 0 Å². The molecule has 15 heteroatoms. The Labute approximate surface area is 320 Å². The molecular formula is C36H74N2O8S5. The van der Waals surface area contributed by atoms with Crippen LogP contribution in [0.1, 0.15) is 112 Å². The molecule has 1 saturated carbocycles. The molecule has 0 N–H and O–H groups in total. The van der Waals surface area contributed by atoms with E-state index in [1.165, 1.54) is 23.6 Å². The van der Waals surface area contributed by atoms with Crippen LogP contribution in [-0.2, 0) is 39.5 Å². The first kappa shape index (κ1) is 58.9. The number of thiophene rings is 1. The third kappa shape index (κ3) is 23.8. The van der Waals surface area contributed by atoms with Crippen LogP contribution in [0.5, 0.6) is 0 Å². The second-order valence-electron chi connectivity index (χ2n) is 13.3. The topological polar surface area (TPSA) is 153 Å². The van der Waals surface area contributed by atoms with E-state index in [0.717, 1.165) is 32.4 Å². The molecule has 3 heterocycles. The molecule has 0 unspecified atom stereocenters. The SMILES string of the molecule is C.C.C.C.C.CC(C)CS(=O)(=O)C1CC1.CC(C)CS(=O)(=O)N1CCC1.CC(C)CS(=O)(=O)c1ccccn1.CC(C)CS(=O)(=O)c1cccs1. The van der Waals surface area contributed by atoms with Gasteiger partial charge in [0.1, 0.15) is 4.21 Å². The van der Waals surface area contributed by atoms with E-state index in [9.17, 15) is 33.7 Å². The molecule has 306 valence electrons. The van der Waals surface area contributed by atoms with Crippen LogP contribution in [0.15, 0.2) is 51.1 Å². The van der Waals surface area contributed by atoms with Gasteiger partial charge in [0, 0.05) is 19.3 Å². The monoisotopic (exact) mass is 822 g/mol. The van der Waals surface area contributed by atoms with Gasteiger partial charge in [0.25, 0.3) is 0 Å². The van der Waals surface area contributed by atoms with Crippen LogP contribution < -0.4 is 0 Å². The van der Waals surface area contributed by atoms with E-state index in [2.05, 4.69) is 4.98 Å². The van der Waals surface area contributed by atoms with Crippen molar-refractivity contribution < 1.29 is 33.7 Å². The summed E-state index contributed by atoms with van der Waals surface area (Å²) in [4.78, 5) is 3.82. The van der Waals surface area contributed by atoms with Gasteiger partial charge in [-0.1, -0.05) is 105 Å². The molecule has 10 nitrogen and oxygen atoms in total. The maximum absolute atomic E-state index is 11.6. The second-order valence-corrected chi connectivity index (χ2v) is 22.8. The van der Waals surface area contributed by atoms with Crippen LogP contribution in [0.2, 0.25) is 0 Å². The Morgan fingerprint density at radius 2 is 1.12 bits per heavy atom. The summed E-state index contributed by atoms with van der Waals surface area (Å²) in [5.41, 5.74) is 0. The van der Waals surface area contributed by atoms with Crippen molar-refractivity contribution >= 4 is 50.9 Å². The second kappa shape index (κ2) is 26.4. The van der Waals surface area contributed by atoms with Crippen molar-refractivity contribution in [2.45, 2.75) is 126 Å². The lowest BCUT2D eigenvalue weighted by Crippen LogP contribution is -2.43. The molecule has 0 atom stereocenters. The number of rotatable bonds is 12. The zero-order chi connectivity index (χ0) is 35.3. The molecule has 1 aliphatic heterocycles. The number of hydrogen-bond acceptors (Lipinski definition) is 10. The fourth-order valence-corrected chi connectivity index (χ4v) is 12.3. The van der Waals surface area contributed by atoms with Crippen LogP contribution >= 0.6 is 11.3 Å². The predicted molar refractivity (Wildman–Crippen MR) is 222 cm³/mol. The fourth-order valence-electron chi connectivity index (χ4n) is 4.14. The minimum atomic E-state index is -3.17. The molecular weight excluding hydrogens is 749 g/mol. The van der Waals surface area contributed by atoms with Crippen molar-refractivity contribution in [2.24, 2.45) is 23.7 Å². The zero-order valence-electron chi connectivity index (χ0n) is 28.5. The normalized spacial score (nSPS) is 14.2. The lowest BCUT2D eigenvalue weighted by atomic mass is 10.3. The summed E-state index contributed by atoms with van der Waals surface area (Å²) in [5, 5.41) is 1.98. The maximum Gasteiger partial charge on any atom is 0.214 e. The summed E-state index contributed by atoms with van der Waals surface area (Å²) in [7, 11) is -11.7. The third-order valence-corrected chi connectivity index (χ3v) is 16.6. The maximum atomic E-state index is 11.6. The average Bonchev–Trinajstić information content (AvgIpc) is 3.56. The first-order valence-electron chi connectivity index (χ1n) is 15.7. The van der Waals surface area contributed by atoms with E-state index in [0.29, 0.717) is 15.7 Å².